The molecule has 0 aromatic heterocycles. The highest BCUT2D eigenvalue weighted by Crippen LogP contribution is 2.33. The molecule has 1 atom stereocenters. The number of unbranched alkanes of at least 4 members (excludes halogenated alkanes) is 1. The maximum atomic E-state index is 13.1. The number of amides is 6. The molecule has 9 heteroatoms. The van der Waals surface area contributed by atoms with E-state index in [9.17, 15) is 19.2 Å². The number of hydrogen-bond acceptors (Lipinski definition) is 5. The Hall–Kier alpha value is -2.94. The molecule has 0 bridgehead atoms. The minimum atomic E-state index is -1.20. The number of methoxy groups -OCH3 is 1. The van der Waals surface area contributed by atoms with Gasteiger partial charge in [-0.25, -0.2) is 9.59 Å². The predicted molar refractivity (Wildman–Crippen MR) is 101 cm³/mol. The van der Waals surface area contributed by atoms with Crippen molar-refractivity contribution in [3.8, 4) is 0 Å². The highest BCUT2D eigenvalue weighted by Gasteiger charge is 2.52. The lowest BCUT2D eigenvalue weighted by molar-refractivity contribution is -0.135. The summed E-state index contributed by atoms with van der Waals surface area (Å²) in [5.74, 6) is -1.25. The second kappa shape index (κ2) is 9.84. The van der Waals surface area contributed by atoms with Crippen molar-refractivity contribution in [3.05, 3.63) is 35.9 Å². The number of rotatable bonds is 9. The number of carbonyl (C=O) groups is 4. The van der Waals surface area contributed by atoms with Gasteiger partial charge in [0.2, 0.25) is 5.91 Å². The molecule has 0 saturated carbocycles. The van der Waals surface area contributed by atoms with Crippen molar-refractivity contribution in [2.45, 2.75) is 31.7 Å². The lowest BCUT2D eigenvalue weighted by Crippen LogP contribution is -2.47. The van der Waals surface area contributed by atoms with Crippen molar-refractivity contribution >= 4 is 23.9 Å². The molecule has 0 radical (unpaired) electrons. The topological polar surface area (TPSA) is 117 Å². The molecule has 1 aromatic carbocycles. The smallest absolute Gasteiger partial charge is 0.325 e. The quantitative estimate of drug-likeness (QED) is 0.431. The van der Waals surface area contributed by atoms with Crippen LogP contribution in [0.15, 0.2) is 30.3 Å². The molecule has 1 heterocycles. The first-order chi connectivity index (χ1) is 13.4. The number of carbonyl (C=O) groups excluding carboxylic acids is 4. The van der Waals surface area contributed by atoms with Gasteiger partial charge in [-0.2, -0.15) is 0 Å². The Balaban J connectivity index is 2.10. The third-order valence-electron chi connectivity index (χ3n) is 4.49. The van der Waals surface area contributed by atoms with Crippen LogP contribution < -0.4 is 16.0 Å². The second-order valence-corrected chi connectivity index (χ2v) is 6.49. The zero-order valence-electron chi connectivity index (χ0n) is 16.1. The minimum Gasteiger partial charge on any atom is -0.383 e. The molecule has 1 saturated heterocycles. The first-order valence-electron chi connectivity index (χ1n) is 9.21. The van der Waals surface area contributed by atoms with E-state index >= 15 is 0 Å². The molecule has 152 valence electrons. The first-order valence-corrected chi connectivity index (χ1v) is 9.21. The zero-order chi connectivity index (χ0) is 20.6. The van der Waals surface area contributed by atoms with Gasteiger partial charge in [-0.3, -0.25) is 19.8 Å². The van der Waals surface area contributed by atoms with Crippen LogP contribution in [0.25, 0.3) is 0 Å². The van der Waals surface area contributed by atoms with Crippen LogP contribution in [0.2, 0.25) is 0 Å². The Kier molecular flexibility index (Phi) is 7.51. The summed E-state index contributed by atoms with van der Waals surface area (Å²) < 4.78 is 4.80. The molecule has 1 aliphatic heterocycles. The Morgan fingerprint density at radius 1 is 1.21 bits per heavy atom. The minimum absolute atomic E-state index is 0.229. The van der Waals surface area contributed by atoms with Crippen molar-refractivity contribution in [1.29, 1.82) is 0 Å². The number of hydrogen-bond donors (Lipinski definition) is 3. The summed E-state index contributed by atoms with van der Waals surface area (Å²) >= 11 is 0. The van der Waals surface area contributed by atoms with Gasteiger partial charge in [-0.15, -0.1) is 0 Å². The van der Waals surface area contributed by atoms with E-state index in [4.69, 9.17) is 4.74 Å². The molecular weight excluding hydrogens is 364 g/mol. The Morgan fingerprint density at radius 3 is 2.57 bits per heavy atom. The summed E-state index contributed by atoms with van der Waals surface area (Å²) in [6.07, 6.45) is 2.00. The Bertz CT molecular complexity index is 724. The number of urea groups is 2. The van der Waals surface area contributed by atoms with Crippen LogP contribution in [0.5, 0.6) is 0 Å². The number of imide groups is 2. The van der Waals surface area contributed by atoms with Gasteiger partial charge in [0.25, 0.3) is 5.91 Å². The molecule has 9 nitrogen and oxygen atoms in total. The summed E-state index contributed by atoms with van der Waals surface area (Å²) in [7, 11) is 1.49. The van der Waals surface area contributed by atoms with Crippen molar-refractivity contribution in [1.82, 2.24) is 20.9 Å². The molecule has 0 aliphatic carbocycles. The molecule has 0 spiro atoms. The number of ether oxygens (including phenoxy) is 1. The average molecular weight is 390 g/mol. The van der Waals surface area contributed by atoms with Crippen molar-refractivity contribution in [2.75, 3.05) is 26.8 Å². The van der Waals surface area contributed by atoms with Crippen molar-refractivity contribution in [2.24, 2.45) is 0 Å². The fraction of sp³-hybridized carbons (Fsp3) is 0.474. The van der Waals surface area contributed by atoms with Gasteiger partial charge in [0, 0.05) is 13.7 Å². The van der Waals surface area contributed by atoms with E-state index in [-0.39, 0.29) is 6.54 Å². The second-order valence-electron chi connectivity index (χ2n) is 6.49. The molecule has 1 aliphatic rings. The van der Waals surface area contributed by atoms with Crippen LogP contribution >= 0.6 is 0 Å². The van der Waals surface area contributed by atoms with Gasteiger partial charge < -0.3 is 15.4 Å². The fourth-order valence-electron chi connectivity index (χ4n) is 3.06. The van der Waals surface area contributed by atoms with Gasteiger partial charge >= 0.3 is 12.1 Å². The van der Waals surface area contributed by atoms with E-state index < -0.39 is 36.0 Å². The van der Waals surface area contributed by atoms with Crippen LogP contribution in [0.3, 0.4) is 0 Å². The lowest BCUT2D eigenvalue weighted by atomic mass is 9.85. The monoisotopic (exact) mass is 390 g/mol. The number of nitrogens with zero attached hydrogens (tertiary/aromatic N) is 1. The Morgan fingerprint density at radius 2 is 1.93 bits per heavy atom. The van der Waals surface area contributed by atoms with Crippen LogP contribution in [-0.4, -0.2) is 55.6 Å². The van der Waals surface area contributed by atoms with Crippen LogP contribution in [-0.2, 0) is 19.9 Å². The molecule has 1 aromatic rings. The molecule has 6 amide bonds. The number of benzene rings is 1. The summed E-state index contributed by atoms with van der Waals surface area (Å²) in [4.78, 5) is 50.2. The maximum Gasteiger partial charge on any atom is 0.325 e. The largest absolute Gasteiger partial charge is 0.383 e. The van der Waals surface area contributed by atoms with Gasteiger partial charge in [0.15, 0.2) is 0 Å². The average Bonchev–Trinajstić information content (AvgIpc) is 2.92. The summed E-state index contributed by atoms with van der Waals surface area (Å²) in [5, 5.41) is 7.29. The fourth-order valence-corrected chi connectivity index (χ4v) is 3.06. The van der Waals surface area contributed by atoms with Gasteiger partial charge in [-0.05, 0) is 12.0 Å². The predicted octanol–water partition coefficient (Wildman–Crippen LogP) is 1.10. The highest BCUT2D eigenvalue weighted by molar-refractivity contribution is 6.10. The molecule has 3 N–H and O–H groups in total. The van der Waals surface area contributed by atoms with Crippen molar-refractivity contribution < 1.29 is 23.9 Å². The van der Waals surface area contributed by atoms with E-state index in [0.29, 0.717) is 18.6 Å². The maximum absolute atomic E-state index is 13.1. The standard InChI is InChI=1S/C19H26N4O5/c1-3-4-10-19(14-8-6-5-7-9-14)16(25)23(18(27)22-19)13-15(24)21-17(26)20-11-12-28-2/h5-9H,3-4,10-13H2,1-2H3,(H,22,27)(H2,20,21,24,26). The number of nitrogens with one attached hydrogen (secondary N) is 3. The van der Waals surface area contributed by atoms with E-state index in [2.05, 4.69) is 16.0 Å². The lowest BCUT2D eigenvalue weighted by Gasteiger charge is -2.27. The highest BCUT2D eigenvalue weighted by atomic mass is 16.5. The third kappa shape index (κ3) is 4.86. The van der Waals surface area contributed by atoms with E-state index in [1.54, 1.807) is 24.3 Å². The Labute approximate surface area is 163 Å². The van der Waals surface area contributed by atoms with Gasteiger partial charge in [0.1, 0.15) is 12.1 Å². The first kappa shape index (κ1) is 21.4. The third-order valence-corrected chi connectivity index (χ3v) is 4.49. The normalized spacial score (nSPS) is 18.7. The van der Waals surface area contributed by atoms with Crippen LogP contribution in [0.4, 0.5) is 9.59 Å². The van der Waals surface area contributed by atoms with E-state index in [1.165, 1.54) is 7.11 Å². The summed E-state index contributed by atoms with van der Waals surface area (Å²) in [6.45, 7) is 1.98. The van der Waals surface area contributed by atoms with Crippen LogP contribution in [0, 0.1) is 0 Å². The van der Waals surface area contributed by atoms with E-state index in [0.717, 1.165) is 17.7 Å². The van der Waals surface area contributed by atoms with E-state index in [1.807, 2.05) is 13.0 Å². The summed E-state index contributed by atoms with van der Waals surface area (Å²) in [5.41, 5.74) is -0.531. The van der Waals surface area contributed by atoms with Gasteiger partial charge in [0.05, 0.1) is 6.61 Å². The molecular formula is C19H26N4O5. The SMILES string of the molecule is CCCCC1(c2ccccc2)NC(=O)N(CC(=O)NC(=O)NCCOC)C1=O. The summed E-state index contributed by atoms with van der Waals surface area (Å²) in [6, 6.07) is 7.60. The van der Waals surface area contributed by atoms with Crippen LogP contribution in [0.1, 0.15) is 31.7 Å². The molecule has 1 unspecified atom stereocenters. The zero-order valence-corrected chi connectivity index (χ0v) is 16.1. The van der Waals surface area contributed by atoms with Gasteiger partial charge in [-0.1, -0.05) is 50.1 Å². The van der Waals surface area contributed by atoms with Crippen molar-refractivity contribution in [3.63, 3.8) is 0 Å². The molecule has 2 rings (SSSR count). The molecule has 1 fully saturated rings. The molecule has 28 heavy (non-hydrogen) atoms.